The number of hydrogen-bond acceptors (Lipinski definition) is 4. The van der Waals surface area contributed by atoms with Crippen molar-refractivity contribution in [3.8, 4) is 5.75 Å². The highest BCUT2D eigenvalue weighted by molar-refractivity contribution is 5.82. The van der Waals surface area contributed by atoms with Crippen LogP contribution in [0.3, 0.4) is 0 Å². The zero-order chi connectivity index (χ0) is 12.7. The Bertz CT molecular complexity index is 386. The Morgan fingerprint density at radius 3 is 2.53 bits per heavy atom. The van der Waals surface area contributed by atoms with Crippen LogP contribution in [0.5, 0.6) is 5.75 Å². The number of carboxylic acid groups (broad SMARTS) is 1. The van der Waals surface area contributed by atoms with E-state index in [0.29, 0.717) is 12.8 Å². The summed E-state index contributed by atoms with van der Waals surface area (Å²) in [6, 6.07) is 7.63. The van der Waals surface area contributed by atoms with E-state index in [9.17, 15) is 4.79 Å². The van der Waals surface area contributed by atoms with Crippen LogP contribution in [0.25, 0.3) is 0 Å². The van der Waals surface area contributed by atoms with Crippen molar-refractivity contribution < 1.29 is 19.4 Å². The molecular weight excluding hydrogens is 222 g/mol. The van der Waals surface area contributed by atoms with Gasteiger partial charge in [0.25, 0.3) is 0 Å². The molecule has 0 amide bonds. The third-order valence-corrected chi connectivity index (χ3v) is 2.24. The van der Waals surface area contributed by atoms with E-state index in [4.69, 9.17) is 15.3 Å². The Hall–Kier alpha value is -2.04. The van der Waals surface area contributed by atoms with Gasteiger partial charge in [0.2, 0.25) is 0 Å². The van der Waals surface area contributed by atoms with Crippen LogP contribution < -0.4 is 4.74 Å². The molecule has 5 heteroatoms. The third-order valence-electron chi connectivity index (χ3n) is 2.24. The van der Waals surface area contributed by atoms with Gasteiger partial charge in [-0.1, -0.05) is 12.1 Å². The van der Waals surface area contributed by atoms with E-state index in [1.54, 1.807) is 7.11 Å². The second kappa shape index (κ2) is 6.52. The summed E-state index contributed by atoms with van der Waals surface area (Å²) in [6.07, 6.45) is 0.339. The predicted molar refractivity (Wildman–Crippen MR) is 62.8 cm³/mol. The van der Waals surface area contributed by atoms with Crippen LogP contribution in [-0.4, -0.2) is 24.3 Å². The normalized spacial score (nSPS) is 9.71. The predicted octanol–water partition coefficient (Wildman–Crippen LogP) is 2.69. The second-order valence-corrected chi connectivity index (χ2v) is 3.49. The van der Waals surface area contributed by atoms with Crippen molar-refractivity contribution in [1.29, 1.82) is 5.41 Å². The van der Waals surface area contributed by atoms with Gasteiger partial charge in [0.15, 0.2) is 5.90 Å². The van der Waals surface area contributed by atoms with Crippen molar-refractivity contribution in [2.24, 2.45) is 0 Å². The van der Waals surface area contributed by atoms with Gasteiger partial charge in [0.1, 0.15) is 5.75 Å². The van der Waals surface area contributed by atoms with E-state index in [1.807, 2.05) is 24.3 Å². The average Bonchev–Trinajstić information content (AvgIpc) is 2.29. The standard InChI is InChI=1S/C12H15NO4/c1-16-10-7-5-9(6-8-10)3-2-4-11(13)17-12(14)15/h5-8,13H,2-4H2,1H3,(H,14,15). The number of hydrogen-bond donors (Lipinski definition) is 2. The fourth-order valence-electron chi connectivity index (χ4n) is 1.40. The van der Waals surface area contributed by atoms with Gasteiger partial charge in [-0.25, -0.2) is 4.79 Å². The highest BCUT2D eigenvalue weighted by atomic mass is 16.7. The van der Waals surface area contributed by atoms with Crippen molar-refractivity contribution >= 4 is 12.1 Å². The smallest absolute Gasteiger partial charge is 0.497 e. The van der Waals surface area contributed by atoms with Gasteiger partial charge in [-0.15, -0.1) is 0 Å². The minimum atomic E-state index is -1.43. The molecule has 2 N–H and O–H groups in total. The van der Waals surface area contributed by atoms with Crippen LogP contribution in [0.4, 0.5) is 4.79 Å². The summed E-state index contributed by atoms with van der Waals surface area (Å²) < 4.78 is 9.24. The molecule has 0 saturated carbocycles. The molecule has 0 saturated heterocycles. The number of aryl methyl sites for hydroxylation is 1. The largest absolute Gasteiger partial charge is 0.512 e. The molecular formula is C12H15NO4. The number of benzene rings is 1. The molecule has 0 aliphatic rings. The lowest BCUT2D eigenvalue weighted by Crippen LogP contribution is -2.08. The maximum Gasteiger partial charge on any atom is 0.512 e. The Morgan fingerprint density at radius 2 is 2.00 bits per heavy atom. The lowest BCUT2D eigenvalue weighted by molar-refractivity contribution is 0.138. The van der Waals surface area contributed by atoms with Crippen LogP contribution in [0, 0.1) is 5.41 Å². The first kappa shape index (κ1) is 13.0. The molecule has 1 aromatic rings. The van der Waals surface area contributed by atoms with Crippen LogP contribution in [0.1, 0.15) is 18.4 Å². The molecule has 92 valence electrons. The minimum absolute atomic E-state index is 0.217. The summed E-state index contributed by atoms with van der Waals surface area (Å²) in [4.78, 5) is 10.1. The molecule has 0 radical (unpaired) electrons. The number of ether oxygens (including phenoxy) is 2. The van der Waals surface area contributed by atoms with Crippen molar-refractivity contribution in [3.63, 3.8) is 0 Å². The third kappa shape index (κ3) is 5.01. The number of methoxy groups -OCH3 is 1. The van der Waals surface area contributed by atoms with Crippen molar-refractivity contribution in [1.82, 2.24) is 0 Å². The Labute approximate surface area is 99.5 Å². The molecule has 0 unspecified atom stereocenters. The van der Waals surface area contributed by atoms with Crippen LogP contribution in [0.15, 0.2) is 24.3 Å². The molecule has 17 heavy (non-hydrogen) atoms. The zero-order valence-corrected chi connectivity index (χ0v) is 9.60. The van der Waals surface area contributed by atoms with Crippen molar-refractivity contribution in [2.45, 2.75) is 19.3 Å². The lowest BCUT2D eigenvalue weighted by Gasteiger charge is -2.04. The molecule has 0 heterocycles. The summed E-state index contributed by atoms with van der Waals surface area (Å²) >= 11 is 0. The van der Waals surface area contributed by atoms with Crippen LogP contribution in [0.2, 0.25) is 0 Å². The molecule has 0 aromatic heterocycles. The first-order valence-electron chi connectivity index (χ1n) is 5.23. The molecule has 5 nitrogen and oxygen atoms in total. The summed E-state index contributed by atoms with van der Waals surface area (Å²) in [6.45, 7) is 0. The molecule has 0 spiro atoms. The van der Waals surface area contributed by atoms with Gasteiger partial charge in [0.05, 0.1) is 7.11 Å². The molecule has 0 bridgehead atoms. The maximum absolute atomic E-state index is 10.1. The van der Waals surface area contributed by atoms with Crippen molar-refractivity contribution in [2.75, 3.05) is 7.11 Å². The number of nitrogens with one attached hydrogen (secondary N) is 1. The molecule has 1 rings (SSSR count). The van der Waals surface area contributed by atoms with Gasteiger partial charge in [0, 0.05) is 6.42 Å². The Kier molecular flexibility index (Phi) is 5.00. The first-order valence-corrected chi connectivity index (χ1v) is 5.23. The molecule has 0 aliphatic heterocycles. The van der Waals surface area contributed by atoms with E-state index < -0.39 is 6.16 Å². The molecule has 0 aliphatic carbocycles. The summed E-state index contributed by atoms with van der Waals surface area (Å²) in [5, 5.41) is 15.5. The second-order valence-electron chi connectivity index (χ2n) is 3.49. The molecule has 0 atom stereocenters. The van der Waals surface area contributed by atoms with Gasteiger partial charge >= 0.3 is 6.16 Å². The molecule has 0 fully saturated rings. The summed E-state index contributed by atoms with van der Waals surface area (Å²) in [7, 11) is 1.61. The Morgan fingerprint density at radius 1 is 1.35 bits per heavy atom. The van der Waals surface area contributed by atoms with E-state index >= 15 is 0 Å². The minimum Gasteiger partial charge on any atom is -0.497 e. The fourth-order valence-corrected chi connectivity index (χ4v) is 1.40. The summed E-state index contributed by atoms with van der Waals surface area (Å²) in [5.74, 6) is 0.585. The Balaban J connectivity index is 2.30. The van der Waals surface area contributed by atoms with Gasteiger partial charge in [-0.2, -0.15) is 0 Å². The average molecular weight is 237 g/mol. The number of carbonyl (C=O) groups is 1. The highest BCUT2D eigenvalue weighted by Gasteiger charge is 2.04. The van der Waals surface area contributed by atoms with Gasteiger partial charge in [-0.05, 0) is 30.5 Å². The van der Waals surface area contributed by atoms with Gasteiger partial charge in [-0.3, -0.25) is 5.41 Å². The summed E-state index contributed by atoms with van der Waals surface area (Å²) in [5.41, 5.74) is 1.12. The van der Waals surface area contributed by atoms with Crippen molar-refractivity contribution in [3.05, 3.63) is 29.8 Å². The van der Waals surface area contributed by atoms with E-state index in [1.165, 1.54) is 0 Å². The monoisotopic (exact) mass is 237 g/mol. The van der Waals surface area contributed by atoms with Gasteiger partial charge < -0.3 is 14.6 Å². The van der Waals surface area contributed by atoms with E-state index in [0.717, 1.165) is 17.7 Å². The van der Waals surface area contributed by atoms with E-state index in [2.05, 4.69) is 4.74 Å². The topological polar surface area (TPSA) is 79.6 Å². The molecule has 1 aromatic carbocycles. The fraction of sp³-hybridized carbons (Fsp3) is 0.333. The zero-order valence-electron chi connectivity index (χ0n) is 9.60. The van der Waals surface area contributed by atoms with E-state index in [-0.39, 0.29) is 5.90 Å². The highest BCUT2D eigenvalue weighted by Crippen LogP contribution is 2.13. The first-order chi connectivity index (χ1) is 8.11. The van der Waals surface area contributed by atoms with Crippen LogP contribution >= 0.6 is 0 Å². The quantitative estimate of drug-likeness (QED) is 0.468. The SMILES string of the molecule is COc1ccc(CCCC(=N)OC(=O)O)cc1. The van der Waals surface area contributed by atoms with Crippen LogP contribution in [-0.2, 0) is 11.2 Å². The lowest BCUT2D eigenvalue weighted by atomic mass is 10.1. The maximum atomic E-state index is 10.1. The number of rotatable bonds is 5.